The second kappa shape index (κ2) is 9.90. The molecule has 0 atom stereocenters. The average Bonchev–Trinajstić information content (AvgIpc) is 2.71. The van der Waals surface area contributed by atoms with E-state index in [-0.39, 0.29) is 11.4 Å². The molecule has 0 saturated carbocycles. The minimum absolute atomic E-state index is 0.0180. The molecule has 2 aromatic carbocycles. The number of hydrogen-bond acceptors (Lipinski definition) is 2. The van der Waals surface area contributed by atoms with Crippen LogP contribution in [0.4, 0.5) is 18.9 Å². The van der Waals surface area contributed by atoms with Crippen molar-refractivity contribution < 1.29 is 13.2 Å². The molecule has 0 radical (unpaired) electrons. The summed E-state index contributed by atoms with van der Waals surface area (Å²) in [5, 5.41) is 0.533. The molecular formula is C26H29F3N2. The number of hydrogen-bond donors (Lipinski definition) is 0. The van der Waals surface area contributed by atoms with Crippen molar-refractivity contribution in [1.29, 1.82) is 0 Å². The maximum absolute atomic E-state index is 12.7. The number of aliphatic imine (C=N–C) groups is 1. The number of fused-ring (bicyclic) bond motifs is 1. The molecule has 3 aromatic rings. The Morgan fingerprint density at radius 3 is 2.16 bits per heavy atom. The van der Waals surface area contributed by atoms with Crippen molar-refractivity contribution in [2.45, 2.75) is 52.6 Å². The Morgan fingerprint density at radius 1 is 1.00 bits per heavy atom. The third kappa shape index (κ3) is 5.81. The summed E-state index contributed by atoms with van der Waals surface area (Å²) in [7, 11) is 0. The van der Waals surface area contributed by atoms with Crippen LogP contribution in [0.3, 0.4) is 0 Å². The molecule has 0 fully saturated rings. The average molecular weight is 427 g/mol. The number of aryl methyl sites for hydroxylation is 1. The second-order valence-electron chi connectivity index (χ2n) is 8.09. The van der Waals surface area contributed by atoms with Crippen LogP contribution in [0.25, 0.3) is 17.0 Å². The van der Waals surface area contributed by atoms with Gasteiger partial charge in [-0.2, -0.15) is 13.2 Å². The third-order valence-electron chi connectivity index (χ3n) is 5.10. The first-order chi connectivity index (χ1) is 14.5. The highest BCUT2D eigenvalue weighted by molar-refractivity contribution is 5.82. The number of rotatable bonds is 4. The molecular weight excluding hydrogens is 397 g/mol. The lowest BCUT2D eigenvalue weighted by atomic mass is 9.96. The van der Waals surface area contributed by atoms with Gasteiger partial charge in [0.15, 0.2) is 0 Å². The van der Waals surface area contributed by atoms with Crippen LogP contribution in [-0.4, -0.2) is 11.7 Å². The van der Waals surface area contributed by atoms with Gasteiger partial charge >= 0.3 is 6.18 Å². The molecule has 2 nitrogen and oxygen atoms in total. The van der Waals surface area contributed by atoms with Gasteiger partial charge in [-0.3, -0.25) is 9.98 Å². The van der Waals surface area contributed by atoms with Gasteiger partial charge in [-0.25, -0.2) is 0 Å². The molecule has 0 N–H and O–H groups in total. The summed E-state index contributed by atoms with van der Waals surface area (Å²) in [5.41, 5.74) is 4.80. The van der Waals surface area contributed by atoms with Crippen LogP contribution in [0.2, 0.25) is 0 Å². The van der Waals surface area contributed by atoms with Gasteiger partial charge in [0.1, 0.15) is 0 Å². The Kier molecular flexibility index (Phi) is 7.77. The Bertz CT molecular complexity index is 1080. The van der Waals surface area contributed by atoms with Gasteiger partial charge < -0.3 is 0 Å². The molecule has 3 rings (SSSR count). The van der Waals surface area contributed by atoms with Crippen LogP contribution >= 0.6 is 0 Å². The third-order valence-corrected chi connectivity index (χ3v) is 5.10. The Labute approximate surface area is 182 Å². The molecule has 0 amide bonds. The number of aromatic nitrogens is 1. The summed E-state index contributed by atoms with van der Waals surface area (Å²) in [5.74, 6) is 0.785. The molecule has 0 spiro atoms. The fourth-order valence-corrected chi connectivity index (χ4v) is 3.26. The lowest BCUT2D eigenvalue weighted by molar-refractivity contribution is -0.136. The van der Waals surface area contributed by atoms with Gasteiger partial charge in [-0.05, 0) is 60.4 Å². The van der Waals surface area contributed by atoms with Crippen molar-refractivity contribution in [3.05, 3.63) is 77.0 Å². The molecule has 31 heavy (non-hydrogen) atoms. The normalized spacial score (nSPS) is 11.4. The van der Waals surface area contributed by atoms with Crippen LogP contribution in [0.5, 0.6) is 0 Å². The lowest BCUT2D eigenvalue weighted by Crippen LogP contribution is -2.06. The van der Waals surface area contributed by atoms with E-state index in [9.17, 15) is 13.2 Å². The highest BCUT2D eigenvalue weighted by Gasteiger charge is 2.33. The van der Waals surface area contributed by atoms with Gasteiger partial charge in [-0.15, -0.1) is 0 Å². The maximum atomic E-state index is 12.7. The fraction of sp³-hybridized carbons (Fsp3) is 0.308. The molecule has 1 heterocycles. The minimum atomic E-state index is -4.36. The Hall–Kier alpha value is -2.95. The zero-order valence-electron chi connectivity index (χ0n) is 18.7. The van der Waals surface area contributed by atoms with E-state index in [0.29, 0.717) is 11.3 Å². The molecule has 0 unspecified atom stereocenters. The first-order valence-corrected chi connectivity index (χ1v) is 10.2. The number of pyridine rings is 1. The van der Waals surface area contributed by atoms with Gasteiger partial charge in [0.2, 0.25) is 0 Å². The van der Waals surface area contributed by atoms with Crippen LogP contribution in [0, 0.1) is 6.92 Å². The van der Waals surface area contributed by atoms with Gasteiger partial charge in [-0.1, -0.05) is 58.5 Å². The van der Waals surface area contributed by atoms with E-state index < -0.39 is 11.7 Å². The van der Waals surface area contributed by atoms with E-state index in [1.54, 1.807) is 12.1 Å². The number of nitrogens with zero attached hydrogens (tertiary/aromatic N) is 2. The number of halogens is 3. The number of benzene rings is 2. The summed E-state index contributed by atoms with van der Waals surface area (Å²) in [6, 6.07) is 10.2. The highest BCUT2D eigenvalue weighted by atomic mass is 19.4. The predicted octanol–water partition coefficient (Wildman–Crippen LogP) is 8.47. The molecule has 0 bridgehead atoms. The van der Waals surface area contributed by atoms with Crippen molar-refractivity contribution in [1.82, 2.24) is 4.98 Å². The van der Waals surface area contributed by atoms with Gasteiger partial charge in [0.25, 0.3) is 0 Å². The monoisotopic (exact) mass is 426 g/mol. The second-order valence-corrected chi connectivity index (χ2v) is 8.09. The van der Waals surface area contributed by atoms with E-state index in [1.165, 1.54) is 23.4 Å². The summed E-state index contributed by atoms with van der Waals surface area (Å²) < 4.78 is 38.2. The number of alkyl halides is 3. The molecule has 5 heteroatoms. The minimum Gasteiger partial charge on any atom is -0.264 e. The van der Waals surface area contributed by atoms with Crippen molar-refractivity contribution in [3.63, 3.8) is 0 Å². The van der Waals surface area contributed by atoms with Crippen molar-refractivity contribution in [3.8, 4) is 0 Å². The quantitative estimate of drug-likeness (QED) is 0.384. The van der Waals surface area contributed by atoms with Gasteiger partial charge in [0, 0.05) is 17.1 Å². The van der Waals surface area contributed by atoms with Crippen molar-refractivity contribution >= 4 is 29.4 Å². The highest BCUT2D eigenvalue weighted by Crippen LogP contribution is 2.34. The Morgan fingerprint density at radius 2 is 1.65 bits per heavy atom. The number of para-hydroxylation sites is 1. The van der Waals surface area contributed by atoms with E-state index in [1.807, 2.05) is 19.9 Å². The van der Waals surface area contributed by atoms with E-state index in [2.05, 4.69) is 56.2 Å². The zero-order chi connectivity index (χ0) is 23.3. The molecule has 164 valence electrons. The van der Waals surface area contributed by atoms with Crippen molar-refractivity contribution in [2.24, 2.45) is 4.99 Å². The molecule has 1 aromatic heterocycles. The Balaban J connectivity index is 0.000000225. The maximum Gasteiger partial charge on any atom is 0.418 e. The van der Waals surface area contributed by atoms with Crippen LogP contribution in [0.15, 0.2) is 54.2 Å². The predicted molar refractivity (Wildman–Crippen MR) is 125 cm³/mol. The summed E-state index contributed by atoms with van der Waals surface area (Å²) >= 11 is 0. The molecule has 0 saturated heterocycles. The first kappa shape index (κ1) is 24.3. The topological polar surface area (TPSA) is 25.2 Å². The summed E-state index contributed by atoms with van der Waals surface area (Å²) in [6.45, 7) is 17.8. The van der Waals surface area contributed by atoms with Crippen LogP contribution < -0.4 is 0 Å². The van der Waals surface area contributed by atoms with Crippen molar-refractivity contribution in [2.75, 3.05) is 0 Å². The van der Waals surface area contributed by atoms with Crippen LogP contribution in [0.1, 0.15) is 67.3 Å². The van der Waals surface area contributed by atoms with E-state index in [4.69, 9.17) is 0 Å². The largest absolute Gasteiger partial charge is 0.418 e. The summed E-state index contributed by atoms with van der Waals surface area (Å²) in [4.78, 5) is 7.97. The molecule has 0 aliphatic carbocycles. The lowest BCUT2D eigenvalue weighted by Gasteiger charge is -2.11. The molecule has 0 aliphatic heterocycles. The SMILES string of the molecule is C=Cc1cc(C(C)C)cc(C)c1N=C.CC(C)c1cnc2c(C(F)(F)F)cccc2c1. The van der Waals surface area contributed by atoms with Gasteiger partial charge in [0.05, 0.1) is 16.8 Å². The van der Waals surface area contributed by atoms with E-state index >= 15 is 0 Å². The smallest absolute Gasteiger partial charge is 0.264 e. The zero-order valence-corrected chi connectivity index (χ0v) is 18.7. The first-order valence-electron chi connectivity index (χ1n) is 10.2. The standard InChI is InChI=1S/C13H12F3N.C13H17N/c1-8(2)10-6-9-4-3-5-11(13(14,15)16)12(9)17-7-10;1-6-11-8-12(9(2)3)7-10(4)13(11)14-5/h3-8H,1-2H3;6-9H,1,5H2,2-4H3. The fourth-order valence-electron chi connectivity index (χ4n) is 3.26. The summed E-state index contributed by atoms with van der Waals surface area (Å²) in [6.07, 6.45) is -1.00. The van der Waals surface area contributed by atoms with Crippen LogP contribution in [-0.2, 0) is 6.18 Å². The molecule has 0 aliphatic rings. The van der Waals surface area contributed by atoms with E-state index in [0.717, 1.165) is 22.9 Å².